The van der Waals surface area contributed by atoms with Gasteiger partial charge in [0.25, 0.3) is 0 Å². The Labute approximate surface area is 54.3 Å². The zero-order chi connectivity index (χ0) is 6.69. The Kier molecular flexibility index (Phi) is 1.85. The van der Waals surface area contributed by atoms with Crippen LogP contribution in [0.25, 0.3) is 0 Å². The number of aromatic amines is 1. The Morgan fingerprint density at radius 1 is 1.89 bits per heavy atom. The SMILES string of the molecule is CCC(N)c1ncc[nH]1. The van der Waals surface area contributed by atoms with Gasteiger partial charge in [0.15, 0.2) is 0 Å². The van der Waals surface area contributed by atoms with Gasteiger partial charge in [-0.3, -0.25) is 0 Å². The molecule has 1 aromatic heterocycles. The molecule has 50 valence electrons. The number of H-pyrrole nitrogens is 1. The quantitative estimate of drug-likeness (QED) is 0.614. The smallest absolute Gasteiger partial charge is 0.122 e. The van der Waals surface area contributed by atoms with Gasteiger partial charge < -0.3 is 10.7 Å². The summed E-state index contributed by atoms with van der Waals surface area (Å²) in [5, 5.41) is 0. The Balaban J connectivity index is 2.65. The zero-order valence-corrected chi connectivity index (χ0v) is 5.46. The van der Waals surface area contributed by atoms with Crippen LogP contribution >= 0.6 is 0 Å². The van der Waals surface area contributed by atoms with E-state index < -0.39 is 0 Å². The monoisotopic (exact) mass is 125 g/mol. The fourth-order valence-electron chi connectivity index (χ4n) is 0.674. The zero-order valence-electron chi connectivity index (χ0n) is 5.46. The van der Waals surface area contributed by atoms with E-state index in [2.05, 4.69) is 9.97 Å². The standard InChI is InChI=1S/C6H11N3/c1-2-5(7)6-8-3-4-9-6/h3-5H,2,7H2,1H3,(H,8,9). The van der Waals surface area contributed by atoms with E-state index in [1.165, 1.54) is 0 Å². The van der Waals surface area contributed by atoms with Crippen molar-refractivity contribution in [3.63, 3.8) is 0 Å². The van der Waals surface area contributed by atoms with Gasteiger partial charge in [0.05, 0.1) is 6.04 Å². The lowest BCUT2D eigenvalue weighted by Crippen LogP contribution is -2.09. The summed E-state index contributed by atoms with van der Waals surface area (Å²) in [6.07, 6.45) is 4.42. The molecule has 0 aromatic carbocycles. The predicted octanol–water partition coefficient (Wildman–Crippen LogP) is 0.820. The fraction of sp³-hybridized carbons (Fsp3) is 0.500. The molecule has 3 nitrogen and oxygen atoms in total. The van der Waals surface area contributed by atoms with Crippen LogP contribution in [0, 0.1) is 0 Å². The minimum Gasteiger partial charge on any atom is -0.347 e. The van der Waals surface area contributed by atoms with Crippen molar-refractivity contribution in [3.05, 3.63) is 18.2 Å². The topological polar surface area (TPSA) is 54.7 Å². The first-order valence-electron chi connectivity index (χ1n) is 3.09. The lowest BCUT2D eigenvalue weighted by Gasteiger charge is -2.01. The average Bonchev–Trinajstić information content (AvgIpc) is 2.37. The van der Waals surface area contributed by atoms with Crippen LogP contribution in [0.15, 0.2) is 12.4 Å². The third-order valence-electron chi connectivity index (χ3n) is 1.31. The van der Waals surface area contributed by atoms with Crippen LogP contribution in [-0.4, -0.2) is 9.97 Å². The second-order valence-electron chi connectivity index (χ2n) is 1.99. The minimum absolute atomic E-state index is 0.0694. The molecule has 1 atom stereocenters. The molecule has 0 saturated heterocycles. The second-order valence-corrected chi connectivity index (χ2v) is 1.99. The summed E-state index contributed by atoms with van der Waals surface area (Å²) in [7, 11) is 0. The van der Waals surface area contributed by atoms with Gasteiger partial charge in [0.2, 0.25) is 0 Å². The van der Waals surface area contributed by atoms with Crippen LogP contribution in [0.2, 0.25) is 0 Å². The van der Waals surface area contributed by atoms with E-state index >= 15 is 0 Å². The number of nitrogens with two attached hydrogens (primary N) is 1. The first-order valence-corrected chi connectivity index (χ1v) is 3.09. The van der Waals surface area contributed by atoms with Gasteiger partial charge in [0.1, 0.15) is 5.82 Å². The Bertz CT molecular complexity index is 157. The molecule has 3 N–H and O–H groups in total. The first-order chi connectivity index (χ1) is 4.34. The molecule has 1 heterocycles. The van der Waals surface area contributed by atoms with Crippen molar-refractivity contribution in [2.45, 2.75) is 19.4 Å². The van der Waals surface area contributed by atoms with Gasteiger partial charge in [-0.15, -0.1) is 0 Å². The van der Waals surface area contributed by atoms with E-state index in [1.807, 2.05) is 6.92 Å². The van der Waals surface area contributed by atoms with E-state index in [1.54, 1.807) is 12.4 Å². The molecule has 0 aliphatic carbocycles. The molecule has 0 amide bonds. The van der Waals surface area contributed by atoms with Crippen molar-refractivity contribution in [2.75, 3.05) is 0 Å². The number of hydrogen-bond donors (Lipinski definition) is 2. The molecule has 0 radical (unpaired) electrons. The van der Waals surface area contributed by atoms with E-state index in [0.717, 1.165) is 12.2 Å². The highest BCUT2D eigenvalue weighted by Crippen LogP contribution is 2.05. The van der Waals surface area contributed by atoms with Crippen LogP contribution in [0.3, 0.4) is 0 Å². The molecule has 0 spiro atoms. The second kappa shape index (κ2) is 2.64. The molecule has 0 aliphatic heterocycles. The average molecular weight is 125 g/mol. The third-order valence-corrected chi connectivity index (χ3v) is 1.31. The minimum atomic E-state index is 0.0694. The summed E-state index contributed by atoms with van der Waals surface area (Å²) < 4.78 is 0. The van der Waals surface area contributed by atoms with Gasteiger partial charge in [-0.25, -0.2) is 4.98 Å². The van der Waals surface area contributed by atoms with Crippen LogP contribution < -0.4 is 5.73 Å². The number of rotatable bonds is 2. The van der Waals surface area contributed by atoms with Crippen LogP contribution in [0.4, 0.5) is 0 Å². The van der Waals surface area contributed by atoms with E-state index in [0.29, 0.717) is 0 Å². The molecule has 1 unspecified atom stereocenters. The molecular weight excluding hydrogens is 114 g/mol. The number of nitrogens with zero attached hydrogens (tertiary/aromatic N) is 1. The van der Waals surface area contributed by atoms with Crippen LogP contribution in [0.1, 0.15) is 25.2 Å². The maximum absolute atomic E-state index is 5.64. The van der Waals surface area contributed by atoms with Crippen molar-refractivity contribution in [2.24, 2.45) is 5.73 Å². The number of aromatic nitrogens is 2. The van der Waals surface area contributed by atoms with Crippen LogP contribution in [0.5, 0.6) is 0 Å². The highest BCUT2D eigenvalue weighted by Gasteiger charge is 2.02. The molecule has 9 heavy (non-hydrogen) atoms. The van der Waals surface area contributed by atoms with Crippen molar-refractivity contribution < 1.29 is 0 Å². The molecule has 0 saturated carbocycles. The highest BCUT2D eigenvalue weighted by atomic mass is 14.9. The normalized spacial score (nSPS) is 13.6. The van der Waals surface area contributed by atoms with Crippen molar-refractivity contribution in [1.29, 1.82) is 0 Å². The van der Waals surface area contributed by atoms with Crippen molar-refractivity contribution in [1.82, 2.24) is 9.97 Å². The van der Waals surface area contributed by atoms with E-state index in [-0.39, 0.29) is 6.04 Å². The van der Waals surface area contributed by atoms with Crippen LogP contribution in [-0.2, 0) is 0 Å². The van der Waals surface area contributed by atoms with Gasteiger partial charge in [-0.05, 0) is 6.42 Å². The van der Waals surface area contributed by atoms with E-state index in [4.69, 9.17) is 5.73 Å². The molecule has 0 aliphatic rings. The Morgan fingerprint density at radius 3 is 3.11 bits per heavy atom. The van der Waals surface area contributed by atoms with Crippen molar-refractivity contribution in [3.8, 4) is 0 Å². The molecule has 3 heteroatoms. The summed E-state index contributed by atoms with van der Waals surface area (Å²) >= 11 is 0. The predicted molar refractivity (Wildman–Crippen MR) is 35.8 cm³/mol. The largest absolute Gasteiger partial charge is 0.347 e. The molecule has 1 aromatic rings. The molecule has 1 rings (SSSR count). The van der Waals surface area contributed by atoms with Gasteiger partial charge >= 0.3 is 0 Å². The number of nitrogens with one attached hydrogen (secondary N) is 1. The van der Waals surface area contributed by atoms with Gasteiger partial charge in [0, 0.05) is 12.4 Å². The number of imidazole rings is 1. The maximum atomic E-state index is 5.64. The van der Waals surface area contributed by atoms with Gasteiger partial charge in [-0.1, -0.05) is 6.92 Å². The third kappa shape index (κ3) is 1.29. The number of hydrogen-bond acceptors (Lipinski definition) is 2. The fourth-order valence-corrected chi connectivity index (χ4v) is 0.674. The summed E-state index contributed by atoms with van der Waals surface area (Å²) in [4.78, 5) is 6.96. The van der Waals surface area contributed by atoms with Crippen molar-refractivity contribution >= 4 is 0 Å². The first kappa shape index (κ1) is 6.29. The Hall–Kier alpha value is -0.830. The summed E-state index contributed by atoms with van der Waals surface area (Å²) in [5.41, 5.74) is 5.64. The van der Waals surface area contributed by atoms with E-state index in [9.17, 15) is 0 Å². The summed E-state index contributed by atoms with van der Waals surface area (Å²) in [5.74, 6) is 0.873. The Morgan fingerprint density at radius 2 is 2.67 bits per heavy atom. The summed E-state index contributed by atoms with van der Waals surface area (Å²) in [6, 6.07) is 0.0694. The van der Waals surface area contributed by atoms with Gasteiger partial charge in [-0.2, -0.15) is 0 Å². The highest BCUT2D eigenvalue weighted by molar-refractivity contribution is 4.92. The maximum Gasteiger partial charge on any atom is 0.122 e. The molecule has 0 bridgehead atoms. The lowest BCUT2D eigenvalue weighted by molar-refractivity contribution is 0.658. The molecule has 0 fully saturated rings. The summed E-state index contributed by atoms with van der Waals surface area (Å²) in [6.45, 7) is 2.03. The molecular formula is C6H11N3. The lowest BCUT2D eigenvalue weighted by atomic mass is 10.2.